The van der Waals surface area contributed by atoms with Crippen LogP contribution in [0.25, 0.3) is 0 Å². The second-order valence-corrected chi connectivity index (χ2v) is 4.06. The number of rotatable bonds is 6. The van der Waals surface area contributed by atoms with E-state index in [9.17, 15) is 4.79 Å². The number of ether oxygens (including phenoxy) is 1. The van der Waals surface area contributed by atoms with E-state index in [1.54, 1.807) is 24.3 Å². The lowest BCUT2D eigenvalue weighted by molar-refractivity contribution is 0.0507. The van der Waals surface area contributed by atoms with Crippen LogP contribution in [0, 0.1) is 0 Å². The molecule has 1 aromatic rings. The minimum Gasteiger partial charge on any atom is -0.497 e. The zero-order valence-corrected chi connectivity index (χ0v) is 10.6. The third-order valence-electron chi connectivity index (χ3n) is 2.63. The molecule has 0 aliphatic heterocycles. The van der Waals surface area contributed by atoms with Crippen molar-refractivity contribution in [2.75, 3.05) is 32.2 Å². The van der Waals surface area contributed by atoms with Crippen LogP contribution in [0.2, 0.25) is 0 Å². The summed E-state index contributed by atoms with van der Waals surface area (Å²) in [6.07, 6.45) is 0. The first-order valence-corrected chi connectivity index (χ1v) is 5.65. The number of benzene rings is 1. The van der Waals surface area contributed by atoms with E-state index < -0.39 is 31.4 Å². The molecule has 1 rings (SSSR count). The summed E-state index contributed by atoms with van der Waals surface area (Å²) in [5.41, 5.74) is -0.933. The molecule has 0 bridgehead atoms. The highest BCUT2D eigenvalue weighted by molar-refractivity contribution is 5.89. The summed E-state index contributed by atoms with van der Waals surface area (Å²) in [5, 5.41) is 32.1. The van der Waals surface area contributed by atoms with Crippen molar-refractivity contribution < 1.29 is 24.9 Å². The average molecular weight is 270 g/mol. The summed E-state index contributed by atoms with van der Waals surface area (Å²) in [5.74, 6) is 0.654. The normalized spacial score (nSPS) is 10.9. The number of nitrogens with one attached hydrogen (secondary N) is 2. The summed E-state index contributed by atoms with van der Waals surface area (Å²) in [6, 6.07) is 5.98. The average Bonchev–Trinajstić information content (AvgIpc) is 2.46. The van der Waals surface area contributed by atoms with Gasteiger partial charge in [-0.1, -0.05) is 0 Å². The van der Waals surface area contributed by atoms with Gasteiger partial charge in [0, 0.05) is 5.69 Å². The summed E-state index contributed by atoms with van der Waals surface area (Å²) in [4.78, 5) is 11.7. The standard InChI is InChI=1S/C12H18N2O5/c1-19-10-4-2-9(3-5-10)13-11(18)14-12(6-15,7-16)8-17/h2-5,15-17H,6-8H2,1H3,(H2,13,14,18). The van der Waals surface area contributed by atoms with Crippen LogP contribution in [0.5, 0.6) is 5.75 Å². The fraction of sp³-hybridized carbons (Fsp3) is 0.417. The number of urea groups is 1. The number of hydrogen-bond acceptors (Lipinski definition) is 5. The third-order valence-corrected chi connectivity index (χ3v) is 2.63. The third kappa shape index (κ3) is 4.09. The molecule has 5 N–H and O–H groups in total. The molecule has 0 saturated carbocycles. The monoisotopic (exact) mass is 270 g/mol. The van der Waals surface area contributed by atoms with Gasteiger partial charge in [0.05, 0.1) is 26.9 Å². The first-order valence-electron chi connectivity index (χ1n) is 5.65. The zero-order chi connectivity index (χ0) is 14.3. The maximum atomic E-state index is 11.7. The van der Waals surface area contributed by atoms with E-state index in [-0.39, 0.29) is 0 Å². The summed E-state index contributed by atoms with van der Waals surface area (Å²) in [6.45, 7) is -1.72. The lowest BCUT2D eigenvalue weighted by Crippen LogP contribution is -2.58. The largest absolute Gasteiger partial charge is 0.497 e. The van der Waals surface area contributed by atoms with Crippen molar-refractivity contribution in [3.8, 4) is 5.75 Å². The lowest BCUT2D eigenvalue weighted by Gasteiger charge is -2.28. The van der Waals surface area contributed by atoms with Gasteiger partial charge in [0.15, 0.2) is 0 Å². The SMILES string of the molecule is COc1ccc(NC(=O)NC(CO)(CO)CO)cc1. The molecule has 2 amide bonds. The highest BCUT2D eigenvalue weighted by Crippen LogP contribution is 2.15. The van der Waals surface area contributed by atoms with Crippen molar-refractivity contribution in [2.24, 2.45) is 0 Å². The van der Waals surface area contributed by atoms with Gasteiger partial charge in [0.25, 0.3) is 0 Å². The van der Waals surface area contributed by atoms with Gasteiger partial charge in [-0.25, -0.2) is 4.79 Å². The van der Waals surface area contributed by atoms with Crippen LogP contribution < -0.4 is 15.4 Å². The van der Waals surface area contributed by atoms with Crippen molar-refractivity contribution >= 4 is 11.7 Å². The van der Waals surface area contributed by atoms with Crippen molar-refractivity contribution in [3.05, 3.63) is 24.3 Å². The predicted octanol–water partition coefficient (Wildman–Crippen LogP) is -0.468. The molecule has 1 aromatic carbocycles. The van der Waals surface area contributed by atoms with E-state index in [4.69, 9.17) is 20.1 Å². The van der Waals surface area contributed by atoms with E-state index in [0.29, 0.717) is 11.4 Å². The van der Waals surface area contributed by atoms with Crippen LogP contribution >= 0.6 is 0 Å². The molecule has 0 aliphatic carbocycles. The summed E-state index contributed by atoms with van der Waals surface area (Å²) < 4.78 is 4.98. The highest BCUT2D eigenvalue weighted by Gasteiger charge is 2.29. The Bertz CT molecular complexity index is 395. The maximum absolute atomic E-state index is 11.7. The number of carbonyl (C=O) groups is 1. The molecule has 0 fully saturated rings. The van der Waals surface area contributed by atoms with E-state index >= 15 is 0 Å². The van der Waals surface area contributed by atoms with Gasteiger partial charge in [-0.05, 0) is 24.3 Å². The second kappa shape index (κ2) is 6.93. The van der Waals surface area contributed by atoms with Crippen molar-refractivity contribution in [2.45, 2.75) is 5.54 Å². The fourth-order valence-corrected chi connectivity index (χ4v) is 1.35. The molecule has 0 radical (unpaired) electrons. The predicted molar refractivity (Wildman–Crippen MR) is 69.1 cm³/mol. The quantitative estimate of drug-likeness (QED) is 0.480. The van der Waals surface area contributed by atoms with Gasteiger partial charge in [0.2, 0.25) is 0 Å². The number of methoxy groups -OCH3 is 1. The Kier molecular flexibility index (Phi) is 5.56. The number of hydrogen-bond donors (Lipinski definition) is 5. The summed E-state index contributed by atoms with van der Waals surface area (Å²) >= 11 is 0. The Balaban J connectivity index is 2.63. The number of aliphatic hydroxyl groups excluding tert-OH is 3. The minimum atomic E-state index is -1.45. The molecular weight excluding hydrogens is 252 g/mol. The van der Waals surface area contributed by atoms with Crippen LogP contribution in [0.1, 0.15) is 0 Å². The van der Waals surface area contributed by atoms with Crippen LogP contribution in [-0.2, 0) is 0 Å². The molecule has 7 heteroatoms. The van der Waals surface area contributed by atoms with Crippen LogP contribution in [0.15, 0.2) is 24.3 Å². The Morgan fingerprint density at radius 2 is 1.68 bits per heavy atom. The number of carbonyl (C=O) groups excluding carboxylic acids is 1. The first-order chi connectivity index (χ1) is 9.09. The molecular formula is C12H18N2O5. The zero-order valence-electron chi connectivity index (χ0n) is 10.6. The van der Waals surface area contributed by atoms with Gasteiger partial charge in [-0.15, -0.1) is 0 Å². The van der Waals surface area contributed by atoms with Gasteiger partial charge < -0.3 is 30.7 Å². The topological polar surface area (TPSA) is 111 Å². The first kappa shape index (κ1) is 15.2. The van der Waals surface area contributed by atoms with Gasteiger partial charge in [-0.2, -0.15) is 0 Å². The Morgan fingerprint density at radius 1 is 1.16 bits per heavy atom. The van der Waals surface area contributed by atoms with Gasteiger partial charge in [0.1, 0.15) is 11.3 Å². The number of amides is 2. The molecule has 0 atom stereocenters. The van der Waals surface area contributed by atoms with Gasteiger partial charge in [-0.3, -0.25) is 0 Å². The molecule has 0 aliphatic rings. The maximum Gasteiger partial charge on any atom is 0.319 e. The van der Waals surface area contributed by atoms with Crippen LogP contribution in [-0.4, -0.2) is 53.8 Å². The van der Waals surface area contributed by atoms with Gasteiger partial charge >= 0.3 is 6.03 Å². The molecule has 0 spiro atoms. The molecule has 7 nitrogen and oxygen atoms in total. The van der Waals surface area contributed by atoms with E-state index in [0.717, 1.165) is 0 Å². The van der Waals surface area contributed by atoms with Crippen molar-refractivity contribution in [3.63, 3.8) is 0 Å². The van der Waals surface area contributed by atoms with E-state index in [2.05, 4.69) is 10.6 Å². The second-order valence-electron chi connectivity index (χ2n) is 4.06. The Hall–Kier alpha value is -1.83. The molecule has 19 heavy (non-hydrogen) atoms. The molecule has 0 saturated heterocycles. The van der Waals surface area contributed by atoms with E-state index in [1.807, 2.05) is 0 Å². The minimum absolute atomic E-state index is 0.515. The fourth-order valence-electron chi connectivity index (χ4n) is 1.35. The van der Waals surface area contributed by atoms with E-state index in [1.165, 1.54) is 7.11 Å². The number of aliphatic hydroxyl groups is 3. The van der Waals surface area contributed by atoms with Crippen LogP contribution in [0.4, 0.5) is 10.5 Å². The highest BCUT2D eigenvalue weighted by atomic mass is 16.5. The Morgan fingerprint density at radius 3 is 2.11 bits per heavy atom. The number of anilines is 1. The smallest absolute Gasteiger partial charge is 0.319 e. The molecule has 0 aromatic heterocycles. The van der Waals surface area contributed by atoms with Crippen molar-refractivity contribution in [1.29, 1.82) is 0 Å². The molecule has 0 unspecified atom stereocenters. The molecule has 106 valence electrons. The van der Waals surface area contributed by atoms with Crippen LogP contribution in [0.3, 0.4) is 0 Å². The summed E-state index contributed by atoms with van der Waals surface area (Å²) in [7, 11) is 1.53. The Labute approximate surface area is 110 Å². The van der Waals surface area contributed by atoms with Crippen molar-refractivity contribution in [1.82, 2.24) is 5.32 Å². The molecule has 0 heterocycles. The lowest BCUT2D eigenvalue weighted by atomic mass is 10.0.